The van der Waals surface area contributed by atoms with Gasteiger partial charge in [0, 0.05) is 37.3 Å². The Morgan fingerprint density at radius 3 is 2.00 bits per heavy atom. The second-order valence-corrected chi connectivity index (χ2v) is 7.14. The van der Waals surface area contributed by atoms with Gasteiger partial charge in [-0.1, -0.05) is 11.8 Å². The second-order valence-electron chi connectivity index (χ2n) is 3.43. The van der Waals surface area contributed by atoms with Crippen molar-refractivity contribution >= 4 is 31.5 Å². The highest BCUT2D eigenvalue weighted by Gasteiger charge is 2.09. The van der Waals surface area contributed by atoms with Crippen LogP contribution in [0, 0.1) is 0 Å². The summed E-state index contributed by atoms with van der Waals surface area (Å²) in [6.45, 7) is 0. The zero-order valence-corrected chi connectivity index (χ0v) is 11.4. The van der Waals surface area contributed by atoms with Gasteiger partial charge in [0.2, 0.25) is 12.4 Å². The van der Waals surface area contributed by atoms with Crippen LogP contribution in [0.15, 0.2) is 63.5 Å². The van der Waals surface area contributed by atoms with Crippen molar-refractivity contribution in [3.63, 3.8) is 0 Å². The summed E-state index contributed by atoms with van der Waals surface area (Å²) in [5.74, 6) is 0. The number of halogens is 1. The molecule has 0 bridgehead atoms. The summed E-state index contributed by atoms with van der Waals surface area (Å²) >= 11 is 1.45. The number of nitrogens with zero attached hydrogens (tertiary/aromatic N) is 1. The molecule has 1 aromatic carbocycles. The molecule has 2 rings (SSSR count). The van der Waals surface area contributed by atoms with Crippen LogP contribution >= 0.6 is 22.4 Å². The second kappa shape index (κ2) is 5.17. The van der Waals surface area contributed by atoms with Gasteiger partial charge in [0.05, 0.1) is 4.90 Å². The number of rotatable bonds is 3. The van der Waals surface area contributed by atoms with E-state index in [1.54, 1.807) is 24.3 Å². The Balaban J connectivity index is 2.18. The van der Waals surface area contributed by atoms with Crippen LogP contribution < -0.4 is 4.73 Å². The van der Waals surface area contributed by atoms with E-state index in [0.29, 0.717) is 0 Å². The van der Waals surface area contributed by atoms with Crippen LogP contribution in [0.2, 0.25) is 0 Å². The van der Waals surface area contributed by atoms with E-state index >= 15 is 0 Å². The third-order valence-electron chi connectivity index (χ3n) is 2.12. The number of hydrogen-bond donors (Lipinski definition) is 1. The molecular weight excluding hydrogens is 294 g/mol. The average molecular weight is 303 g/mol. The van der Waals surface area contributed by atoms with Gasteiger partial charge < -0.3 is 0 Å². The van der Waals surface area contributed by atoms with E-state index in [2.05, 4.69) is 0 Å². The van der Waals surface area contributed by atoms with Crippen LogP contribution in [-0.2, 0) is 9.05 Å². The first kappa shape index (κ1) is 13.2. The summed E-state index contributed by atoms with van der Waals surface area (Å²) < 4.78 is 23.1. The maximum Gasteiger partial charge on any atom is 0.261 e. The fourth-order valence-corrected chi connectivity index (χ4v) is 2.85. The van der Waals surface area contributed by atoms with Crippen LogP contribution in [0.3, 0.4) is 0 Å². The van der Waals surface area contributed by atoms with Gasteiger partial charge in [-0.25, -0.2) is 8.42 Å². The zero-order chi connectivity index (χ0) is 13.2. The monoisotopic (exact) mass is 302 g/mol. The van der Waals surface area contributed by atoms with Gasteiger partial charge in [-0.15, -0.1) is 0 Å². The predicted molar refractivity (Wildman–Crippen MR) is 67.4 cm³/mol. The highest BCUT2D eigenvalue weighted by Crippen LogP contribution is 2.28. The molecule has 0 unspecified atom stereocenters. The molecule has 0 saturated heterocycles. The molecule has 0 fully saturated rings. The lowest BCUT2D eigenvalue weighted by Gasteiger charge is -2.01. The Hall–Kier alpha value is -1.24. The largest absolute Gasteiger partial charge is 0.285 e. The highest BCUT2D eigenvalue weighted by atomic mass is 35.7. The number of hydrogen-bond acceptors (Lipinski definition) is 4. The molecule has 0 spiro atoms. The zero-order valence-electron chi connectivity index (χ0n) is 9.02. The summed E-state index contributed by atoms with van der Waals surface area (Å²) in [6, 6.07) is 9.77. The Morgan fingerprint density at radius 1 is 1.00 bits per heavy atom. The minimum Gasteiger partial charge on any atom is -0.285 e. The Morgan fingerprint density at radius 2 is 1.50 bits per heavy atom. The minimum atomic E-state index is -3.67. The van der Waals surface area contributed by atoms with Gasteiger partial charge in [0.25, 0.3) is 9.05 Å². The average Bonchev–Trinajstić information content (AvgIpc) is 2.32. The molecule has 0 saturated carbocycles. The Bertz CT molecular complexity index is 639. The lowest BCUT2D eigenvalue weighted by molar-refractivity contribution is -0.905. The molecule has 1 aromatic heterocycles. The molecule has 0 radical (unpaired) electrons. The summed E-state index contributed by atoms with van der Waals surface area (Å²) in [7, 11) is 1.55. The smallest absolute Gasteiger partial charge is 0.261 e. The van der Waals surface area contributed by atoms with Crippen LogP contribution in [0.1, 0.15) is 0 Å². The van der Waals surface area contributed by atoms with E-state index in [-0.39, 0.29) is 4.90 Å². The fraction of sp³-hybridized carbons (Fsp3) is 0. The molecule has 2 aromatic rings. The molecule has 1 heterocycles. The lowest BCUT2D eigenvalue weighted by atomic mass is 10.4. The third kappa shape index (κ3) is 3.38. The Kier molecular flexibility index (Phi) is 3.79. The van der Waals surface area contributed by atoms with Crippen LogP contribution in [-0.4, -0.2) is 13.6 Å². The van der Waals surface area contributed by atoms with Gasteiger partial charge >= 0.3 is 0 Å². The van der Waals surface area contributed by atoms with Crippen molar-refractivity contribution in [2.45, 2.75) is 14.7 Å². The summed E-state index contributed by atoms with van der Waals surface area (Å²) in [4.78, 5) is 1.89. The lowest BCUT2D eigenvalue weighted by Crippen LogP contribution is -2.27. The van der Waals surface area contributed by atoms with Crippen LogP contribution in [0.5, 0.6) is 0 Å². The van der Waals surface area contributed by atoms with Crippen molar-refractivity contribution in [2.75, 3.05) is 0 Å². The SMILES string of the molecule is O=S(=O)(Cl)c1ccc(Sc2cc[n+](O)cc2)cc1. The van der Waals surface area contributed by atoms with Gasteiger partial charge in [0.1, 0.15) is 0 Å². The van der Waals surface area contributed by atoms with Gasteiger partial charge in [0.15, 0.2) is 0 Å². The van der Waals surface area contributed by atoms with E-state index < -0.39 is 9.05 Å². The van der Waals surface area contributed by atoms with Gasteiger partial charge in [-0.3, -0.25) is 5.21 Å². The van der Waals surface area contributed by atoms with E-state index in [1.807, 2.05) is 0 Å². The predicted octanol–water partition coefficient (Wildman–Crippen LogP) is 2.29. The molecule has 18 heavy (non-hydrogen) atoms. The molecule has 0 atom stereocenters. The van der Waals surface area contributed by atoms with E-state index in [4.69, 9.17) is 15.9 Å². The number of benzene rings is 1. The molecule has 4 nitrogen and oxygen atoms in total. The normalized spacial score (nSPS) is 11.4. The van der Waals surface area contributed by atoms with Crippen molar-refractivity contribution in [1.29, 1.82) is 0 Å². The van der Waals surface area contributed by atoms with Crippen molar-refractivity contribution in [3.05, 3.63) is 48.8 Å². The third-order valence-corrected chi connectivity index (χ3v) is 4.51. The van der Waals surface area contributed by atoms with Crippen LogP contribution in [0.25, 0.3) is 0 Å². The van der Waals surface area contributed by atoms with Crippen molar-refractivity contribution < 1.29 is 18.4 Å². The standard InChI is InChI=1S/C11H9ClNO3S2/c12-18(15,16)11-3-1-9(2-4-11)17-10-5-7-13(14)8-6-10/h1-8,14H/q+1. The first-order chi connectivity index (χ1) is 8.45. The van der Waals surface area contributed by atoms with Crippen molar-refractivity contribution in [3.8, 4) is 0 Å². The molecule has 94 valence electrons. The molecule has 0 amide bonds. The molecule has 7 heteroatoms. The number of aromatic nitrogens is 1. The molecule has 1 N–H and O–H groups in total. The summed E-state index contributed by atoms with van der Waals surface area (Å²) in [5.41, 5.74) is 0. The molecular formula is C11H9ClNO3S2+. The quantitative estimate of drug-likeness (QED) is 0.537. The fourth-order valence-electron chi connectivity index (χ4n) is 1.28. The molecule has 0 aliphatic rings. The summed E-state index contributed by atoms with van der Waals surface area (Å²) in [6.07, 6.45) is 3.03. The maximum absolute atomic E-state index is 11.1. The highest BCUT2D eigenvalue weighted by molar-refractivity contribution is 8.13. The molecule has 0 aliphatic heterocycles. The maximum atomic E-state index is 11.1. The van der Waals surface area contributed by atoms with E-state index in [9.17, 15) is 8.42 Å². The van der Waals surface area contributed by atoms with E-state index in [0.717, 1.165) is 14.5 Å². The first-order valence-electron chi connectivity index (χ1n) is 4.88. The first-order valence-corrected chi connectivity index (χ1v) is 8.01. The van der Waals surface area contributed by atoms with Crippen molar-refractivity contribution in [1.82, 2.24) is 0 Å². The molecule has 0 aliphatic carbocycles. The topological polar surface area (TPSA) is 58.2 Å². The van der Waals surface area contributed by atoms with Gasteiger partial charge in [-0.2, -0.15) is 0 Å². The van der Waals surface area contributed by atoms with Crippen molar-refractivity contribution in [2.24, 2.45) is 0 Å². The Labute approximate surface area is 113 Å². The van der Waals surface area contributed by atoms with Gasteiger partial charge in [-0.05, 0) is 24.3 Å². The number of pyridine rings is 1. The van der Waals surface area contributed by atoms with Crippen LogP contribution in [0.4, 0.5) is 0 Å². The van der Waals surface area contributed by atoms with E-state index in [1.165, 1.54) is 36.3 Å². The summed E-state index contributed by atoms with van der Waals surface area (Å²) in [5, 5.41) is 9.07. The minimum absolute atomic E-state index is 0.0785.